The van der Waals surface area contributed by atoms with Gasteiger partial charge in [0.25, 0.3) is 0 Å². The number of aliphatic hydroxyl groups is 1. The van der Waals surface area contributed by atoms with Gasteiger partial charge in [-0.3, -0.25) is 4.79 Å². The number of carbonyl (C=O) groups is 1. The predicted molar refractivity (Wildman–Crippen MR) is 96.5 cm³/mol. The fourth-order valence-corrected chi connectivity index (χ4v) is 7.17. The molecular formula is C22H32O2. The number of hydrogen-bond donors (Lipinski definition) is 1. The molecule has 0 aromatic rings. The first-order chi connectivity index (χ1) is 11.4. The van der Waals surface area contributed by atoms with Crippen molar-refractivity contribution in [3.63, 3.8) is 0 Å². The van der Waals surface area contributed by atoms with Crippen LogP contribution in [0.5, 0.6) is 0 Å². The molecule has 0 spiro atoms. The molecular weight excluding hydrogens is 296 g/mol. The van der Waals surface area contributed by atoms with Crippen LogP contribution in [0.2, 0.25) is 0 Å². The molecule has 0 bridgehead atoms. The third-order valence-electron chi connectivity index (χ3n) is 8.50. The van der Waals surface area contributed by atoms with E-state index in [0.717, 1.165) is 37.0 Å². The molecule has 4 aliphatic rings. The summed E-state index contributed by atoms with van der Waals surface area (Å²) < 4.78 is 0. The lowest BCUT2D eigenvalue weighted by molar-refractivity contribution is -0.117. The number of allylic oxidation sites excluding steroid dienone is 2. The maximum absolute atomic E-state index is 11.9. The highest BCUT2D eigenvalue weighted by molar-refractivity contribution is 5.91. The van der Waals surface area contributed by atoms with Gasteiger partial charge in [-0.2, -0.15) is 0 Å². The summed E-state index contributed by atoms with van der Waals surface area (Å²) in [6.45, 7) is 7.28. The Balaban J connectivity index is 1.69. The molecule has 0 aliphatic heterocycles. The Morgan fingerprint density at radius 3 is 2.58 bits per heavy atom. The summed E-state index contributed by atoms with van der Waals surface area (Å²) >= 11 is 0. The van der Waals surface area contributed by atoms with Gasteiger partial charge in [0.2, 0.25) is 0 Å². The number of aliphatic hydroxyl groups excluding tert-OH is 1. The third kappa shape index (κ3) is 2.14. The van der Waals surface area contributed by atoms with E-state index < -0.39 is 0 Å². The van der Waals surface area contributed by atoms with Crippen LogP contribution >= 0.6 is 0 Å². The van der Waals surface area contributed by atoms with E-state index in [1.807, 2.05) is 6.08 Å². The first kappa shape index (κ1) is 16.6. The van der Waals surface area contributed by atoms with Gasteiger partial charge in [0.05, 0.1) is 6.61 Å². The lowest BCUT2D eigenvalue weighted by Gasteiger charge is -2.57. The lowest BCUT2D eigenvalue weighted by Crippen LogP contribution is -2.49. The normalized spacial score (nSPS) is 46.8. The van der Waals surface area contributed by atoms with Crippen molar-refractivity contribution in [2.24, 2.45) is 28.6 Å². The van der Waals surface area contributed by atoms with Gasteiger partial charge in [-0.15, -0.1) is 0 Å². The molecule has 0 radical (unpaired) electrons. The van der Waals surface area contributed by atoms with Crippen molar-refractivity contribution >= 4 is 5.78 Å². The molecule has 0 saturated heterocycles. The number of hydrogen-bond acceptors (Lipinski definition) is 2. The van der Waals surface area contributed by atoms with Crippen molar-refractivity contribution in [2.75, 3.05) is 6.61 Å². The van der Waals surface area contributed by atoms with Gasteiger partial charge in [0.1, 0.15) is 0 Å². The van der Waals surface area contributed by atoms with Crippen molar-refractivity contribution in [1.29, 1.82) is 0 Å². The van der Waals surface area contributed by atoms with E-state index >= 15 is 0 Å². The van der Waals surface area contributed by atoms with Gasteiger partial charge < -0.3 is 5.11 Å². The molecule has 3 saturated carbocycles. The minimum Gasteiger partial charge on any atom is -0.392 e. The first-order valence-corrected chi connectivity index (χ1v) is 9.94. The largest absolute Gasteiger partial charge is 0.392 e. The fourth-order valence-electron chi connectivity index (χ4n) is 7.17. The van der Waals surface area contributed by atoms with Crippen LogP contribution in [-0.4, -0.2) is 17.5 Å². The highest BCUT2D eigenvalue weighted by Crippen LogP contribution is 2.66. The first-order valence-electron chi connectivity index (χ1n) is 9.94. The second-order valence-electron chi connectivity index (χ2n) is 9.38. The maximum atomic E-state index is 11.9. The summed E-state index contributed by atoms with van der Waals surface area (Å²) in [5.74, 6) is 2.70. The van der Waals surface area contributed by atoms with Crippen molar-refractivity contribution in [3.05, 3.63) is 22.8 Å². The zero-order valence-electron chi connectivity index (χ0n) is 15.5. The van der Waals surface area contributed by atoms with Crippen LogP contribution in [0.4, 0.5) is 0 Å². The summed E-state index contributed by atoms with van der Waals surface area (Å²) in [6, 6.07) is 0. The monoisotopic (exact) mass is 328 g/mol. The molecule has 5 unspecified atom stereocenters. The summed E-state index contributed by atoms with van der Waals surface area (Å²) in [4.78, 5) is 11.9. The molecule has 0 aromatic heterocycles. The third-order valence-corrected chi connectivity index (χ3v) is 8.50. The molecule has 3 fully saturated rings. The molecule has 0 amide bonds. The fraction of sp³-hybridized carbons (Fsp3) is 0.773. The van der Waals surface area contributed by atoms with Crippen LogP contribution in [0, 0.1) is 28.6 Å². The molecule has 1 N–H and O–H groups in total. The lowest BCUT2D eigenvalue weighted by atomic mass is 9.47. The Bertz CT molecular complexity index is 628. The van der Waals surface area contributed by atoms with Crippen molar-refractivity contribution < 1.29 is 9.90 Å². The Kier molecular flexibility index (Phi) is 3.84. The zero-order valence-corrected chi connectivity index (χ0v) is 15.5. The summed E-state index contributed by atoms with van der Waals surface area (Å²) in [6.07, 6.45) is 11.3. The number of ketones is 1. The van der Waals surface area contributed by atoms with Crippen LogP contribution in [0.15, 0.2) is 22.8 Å². The molecule has 0 aromatic carbocycles. The Morgan fingerprint density at radius 2 is 1.83 bits per heavy atom. The van der Waals surface area contributed by atoms with Gasteiger partial charge in [-0.05, 0) is 92.1 Å². The van der Waals surface area contributed by atoms with E-state index in [1.54, 1.807) is 5.57 Å². The number of fused-ring (bicyclic) bond motifs is 5. The Labute approximate surface area is 146 Å². The minimum atomic E-state index is 0.221. The number of carbonyl (C=O) groups excluding carboxylic acids is 1. The standard InChI is InChI=1S/C22H32O2/c1-14(13-23)18-6-7-19-17-5-4-15-12-16(24)8-10-21(15,2)20(17)9-11-22(18,19)3/h12,17,19-20,23H,4-11,13H2,1-3H3. The van der Waals surface area contributed by atoms with Gasteiger partial charge in [-0.1, -0.05) is 25.0 Å². The second-order valence-corrected chi connectivity index (χ2v) is 9.38. The molecule has 2 heteroatoms. The summed E-state index contributed by atoms with van der Waals surface area (Å²) in [5.41, 5.74) is 4.85. The smallest absolute Gasteiger partial charge is 0.155 e. The van der Waals surface area contributed by atoms with Crippen molar-refractivity contribution in [2.45, 2.75) is 72.1 Å². The summed E-state index contributed by atoms with van der Waals surface area (Å²) in [7, 11) is 0. The van der Waals surface area contributed by atoms with Gasteiger partial charge in [0.15, 0.2) is 5.78 Å². The molecule has 0 heterocycles. The van der Waals surface area contributed by atoms with E-state index in [9.17, 15) is 9.90 Å². The second kappa shape index (κ2) is 5.56. The molecule has 2 nitrogen and oxygen atoms in total. The van der Waals surface area contributed by atoms with Crippen LogP contribution in [0.1, 0.15) is 72.1 Å². The van der Waals surface area contributed by atoms with Crippen LogP contribution in [0.25, 0.3) is 0 Å². The molecule has 132 valence electrons. The van der Waals surface area contributed by atoms with Crippen LogP contribution < -0.4 is 0 Å². The van der Waals surface area contributed by atoms with E-state index in [4.69, 9.17) is 0 Å². The average Bonchev–Trinajstić information content (AvgIpc) is 2.92. The predicted octanol–water partition coefficient (Wildman–Crippen LogP) is 4.83. The maximum Gasteiger partial charge on any atom is 0.155 e. The quantitative estimate of drug-likeness (QED) is 0.700. The highest BCUT2D eigenvalue weighted by atomic mass is 16.3. The van der Waals surface area contributed by atoms with Gasteiger partial charge in [0, 0.05) is 6.42 Å². The SMILES string of the molecule is CC(CO)=C1CCC2C3CCC4=CC(=O)CCC4(C)C3CCC12C. The van der Waals surface area contributed by atoms with E-state index in [0.29, 0.717) is 11.2 Å². The molecule has 5 atom stereocenters. The van der Waals surface area contributed by atoms with Crippen LogP contribution in [0.3, 0.4) is 0 Å². The topological polar surface area (TPSA) is 37.3 Å². The Morgan fingerprint density at radius 1 is 1.08 bits per heavy atom. The van der Waals surface area contributed by atoms with Gasteiger partial charge >= 0.3 is 0 Å². The van der Waals surface area contributed by atoms with Crippen LogP contribution in [-0.2, 0) is 4.79 Å². The zero-order chi connectivity index (χ0) is 17.1. The van der Waals surface area contributed by atoms with Gasteiger partial charge in [-0.25, -0.2) is 0 Å². The Hall–Kier alpha value is -0.890. The van der Waals surface area contributed by atoms with Crippen molar-refractivity contribution in [1.82, 2.24) is 0 Å². The molecule has 4 aliphatic carbocycles. The number of rotatable bonds is 1. The average molecular weight is 328 g/mol. The van der Waals surface area contributed by atoms with E-state index in [2.05, 4.69) is 20.8 Å². The highest BCUT2D eigenvalue weighted by Gasteiger charge is 2.57. The van der Waals surface area contributed by atoms with E-state index in [-0.39, 0.29) is 12.0 Å². The van der Waals surface area contributed by atoms with E-state index in [1.165, 1.54) is 43.3 Å². The summed E-state index contributed by atoms with van der Waals surface area (Å²) in [5, 5.41) is 9.66. The minimum absolute atomic E-state index is 0.221. The van der Waals surface area contributed by atoms with Crippen molar-refractivity contribution in [3.8, 4) is 0 Å². The molecule has 24 heavy (non-hydrogen) atoms. The molecule has 4 rings (SSSR count).